The van der Waals surface area contributed by atoms with Crippen molar-refractivity contribution in [2.45, 2.75) is 56.9 Å². The summed E-state index contributed by atoms with van der Waals surface area (Å²) in [7, 11) is -3.66. The van der Waals surface area contributed by atoms with Crippen molar-refractivity contribution in [1.29, 1.82) is 0 Å². The van der Waals surface area contributed by atoms with Crippen molar-refractivity contribution in [3.05, 3.63) is 83.7 Å². The van der Waals surface area contributed by atoms with Crippen molar-refractivity contribution in [2.75, 3.05) is 6.54 Å². The average molecular weight is 475 g/mol. The minimum Gasteiger partial charge on any atom is -0.439 e. The second kappa shape index (κ2) is 8.36. The lowest BCUT2D eigenvalue weighted by atomic mass is 9.87. The summed E-state index contributed by atoms with van der Waals surface area (Å²) in [6, 6.07) is 21.1. The highest BCUT2D eigenvalue weighted by atomic mass is 32.2. The summed E-state index contributed by atoms with van der Waals surface area (Å²) in [5, 5.41) is 0. The maximum atomic E-state index is 13.5. The number of rotatable bonds is 4. The lowest BCUT2D eigenvalue weighted by Crippen LogP contribution is -2.31. The van der Waals surface area contributed by atoms with Crippen LogP contribution in [-0.4, -0.2) is 24.3 Å². The van der Waals surface area contributed by atoms with Crippen LogP contribution in [0.2, 0.25) is 0 Å². The van der Waals surface area contributed by atoms with Crippen LogP contribution in [0, 0.1) is 6.92 Å². The van der Waals surface area contributed by atoms with E-state index in [2.05, 4.69) is 45.9 Å². The minimum atomic E-state index is -3.66. The molecule has 0 radical (unpaired) electrons. The highest BCUT2D eigenvalue weighted by Gasteiger charge is 2.39. The first-order valence-corrected chi connectivity index (χ1v) is 13.2. The third-order valence-electron chi connectivity index (χ3n) is 6.57. The van der Waals surface area contributed by atoms with Crippen molar-refractivity contribution >= 4 is 21.1 Å². The second-order valence-electron chi connectivity index (χ2n) is 10.2. The van der Waals surface area contributed by atoms with Gasteiger partial charge in [-0.15, -0.1) is 0 Å². The summed E-state index contributed by atoms with van der Waals surface area (Å²) in [6.45, 7) is 8.88. The molecule has 0 N–H and O–H groups in total. The predicted octanol–water partition coefficient (Wildman–Crippen LogP) is 6.63. The molecular formula is C28H30N2O3S. The van der Waals surface area contributed by atoms with E-state index in [-0.39, 0.29) is 5.41 Å². The maximum Gasteiger partial charge on any atom is 0.243 e. The van der Waals surface area contributed by atoms with E-state index in [1.54, 1.807) is 16.4 Å². The zero-order chi connectivity index (χ0) is 24.1. The SMILES string of the molecule is Cc1cccc(-c2ccc3oc(C4CCCN4S(=O)(=O)c4ccc(C(C)(C)C)cc4)nc3c2)c1. The first-order chi connectivity index (χ1) is 16.1. The fraction of sp³-hybridized carbons (Fsp3) is 0.321. The van der Waals surface area contributed by atoms with Crippen molar-refractivity contribution in [3.63, 3.8) is 0 Å². The van der Waals surface area contributed by atoms with Gasteiger partial charge in [0.1, 0.15) is 11.6 Å². The number of aryl methyl sites for hydroxylation is 1. The summed E-state index contributed by atoms with van der Waals surface area (Å²) in [5.74, 6) is 0.462. The highest BCUT2D eigenvalue weighted by molar-refractivity contribution is 7.89. The van der Waals surface area contributed by atoms with Gasteiger partial charge in [-0.05, 0) is 66.1 Å². The van der Waals surface area contributed by atoms with Crippen LogP contribution in [-0.2, 0) is 15.4 Å². The number of nitrogens with zero attached hydrogens (tertiary/aromatic N) is 2. The zero-order valence-corrected chi connectivity index (χ0v) is 20.9. The van der Waals surface area contributed by atoms with Gasteiger partial charge >= 0.3 is 0 Å². The predicted molar refractivity (Wildman–Crippen MR) is 135 cm³/mol. The van der Waals surface area contributed by atoms with Crippen molar-refractivity contribution < 1.29 is 12.8 Å². The van der Waals surface area contributed by atoms with Gasteiger partial charge in [-0.1, -0.05) is 68.8 Å². The Hall–Kier alpha value is -2.96. The Morgan fingerprint density at radius 3 is 2.41 bits per heavy atom. The summed E-state index contributed by atoms with van der Waals surface area (Å²) < 4.78 is 34.7. The molecule has 1 atom stereocenters. The molecule has 5 nitrogen and oxygen atoms in total. The monoisotopic (exact) mass is 474 g/mol. The van der Waals surface area contributed by atoms with E-state index in [0.29, 0.717) is 29.3 Å². The molecule has 6 heteroatoms. The van der Waals surface area contributed by atoms with Crippen molar-refractivity contribution in [2.24, 2.45) is 0 Å². The molecule has 0 amide bonds. The Morgan fingerprint density at radius 1 is 0.971 bits per heavy atom. The minimum absolute atomic E-state index is 0.0338. The van der Waals surface area contributed by atoms with Crippen LogP contribution in [0.5, 0.6) is 0 Å². The first kappa shape index (κ1) is 22.8. The van der Waals surface area contributed by atoms with E-state index in [9.17, 15) is 8.42 Å². The van der Waals surface area contributed by atoms with Crippen LogP contribution < -0.4 is 0 Å². The lowest BCUT2D eigenvalue weighted by molar-refractivity contribution is 0.337. The van der Waals surface area contributed by atoms with E-state index in [1.165, 1.54) is 5.56 Å². The second-order valence-corrected chi connectivity index (χ2v) is 12.0. The van der Waals surface area contributed by atoms with Crippen LogP contribution in [0.1, 0.15) is 56.7 Å². The van der Waals surface area contributed by atoms with E-state index in [1.807, 2.05) is 36.4 Å². The Labute approximate surface area is 201 Å². The highest BCUT2D eigenvalue weighted by Crippen LogP contribution is 2.38. The third kappa shape index (κ3) is 4.17. The third-order valence-corrected chi connectivity index (χ3v) is 8.49. The summed E-state index contributed by atoms with van der Waals surface area (Å²) in [6.07, 6.45) is 1.47. The van der Waals surface area contributed by atoms with E-state index in [0.717, 1.165) is 28.6 Å². The lowest BCUT2D eigenvalue weighted by Gasteiger charge is -2.23. The molecule has 2 heterocycles. The quantitative estimate of drug-likeness (QED) is 0.333. The fourth-order valence-electron chi connectivity index (χ4n) is 4.63. The van der Waals surface area contributed by atoms with Crippen LogP contribution in [0.3, 0.4) is 0 Å². The van der Waals surface area contributed by atoms with Gasteiger partial charge in [-0.25, -0.2) is 13.4 Å². The Kier molecular flexibility index (Phi) is 5.61. The normalized spacial score (nSPS) is 17.5. The Balaban J connectivity index is 1.46. The van der Waals surface area contributed by atoms with Crippen LogP contribution >= 0.6 is 0 Å². The van der Waals surface area contributed by atoms with Crippen LogP contribution in [0.25, 0.3) is 22.2 Å². The first-order valence-electron chi connectivity index (χ1n) is 11.7. The van der Waals surface area contributed by atoms with Gasteiger partial charge in [-0.2, -0.15) is 4.31 Å². The maximum absolute atomic E-state index is 13.5. The summed E-state index contributed by atoms with van der Waals surface area (Å²) in [5.41, 5.74) is 5.86. The molecule has 3 aromatic carbocycles. The number of hydrogen-bond acceptors (Lipinski definition) is 4. The molecule has 1 fully saturated rings. The average Bonchev–Trinajstić information content (AvgIpc) is 3.45. The molecule has 1 aliphatic rings. The standard InChI is InChI=1S/C28H30N2O3S/c1-19-7-5-8-20(17-19)21-10-15-26-24(18-21)29-27(33-26)25-9-6-16-30(25)34(31,32)23-13-11-22(12-14-23)28(2,3)4/h5,7-8,10-15,17-18,25H,6,9,16H2,1-4H3. The number of oxazole rings is 1. The van der Waals surface area contributed by atoms with Gasteiger partial charge in [-0.3, -0.25) is 0 Å². The molecule has 1 unspecified atom stereocenters. The molecule has 0 spiro atoms. The molecule has 1 aromatic heterocycles. The fourth-order valence-corrected chi connectivity index (χ4v) is 6.28. The number of benzene rings is 3. The van der Waals surface area contributed by atoms with Gasteiger partial charge < -0.3 is 4.42 Å². The summed E-state index contributed by atoms with van der Waals surface area (Å²) >= 11 is 0. The number of sulfonamides is 1. The van der Waals surface area contributed by atoms with Gasteiger partial charge in [0.2, 0.25) is 15.9 Å². The topological polar surface area (TPSA) is 63.4 Å². The largest absolute Gasteiger partial charge is 0.439 e. The van der Waals surface area contributed by atoms with Gasteiger partial charge in [0.05, 0.1) is 4.90 Å². The molecule has 34 heavy (non-hydrogen) atoms. The van der Waals surface area contributed by atoms with Crippen molar-refractivity contribution in [3.8, 4) is 11.1 Å². The van der Waals surface area contributed by atoms with Crippen molar-refractivity contribution in [1.82, 2.24) is 9.29 Å². The molecule has 0 saturated carbocycles. The van der Waals surface area contributed by atoms with E-state index < -0.39 is 16.1 Å². The molecular weight excluding hydrogens is 444 g/mol. The van der Waals surface area contributed by atoms with Gasteiger partial charge in [0.15, 0.2) is 5.58 Å². The molecule has 5 rings (SSSR count). The molecule has 0 aliphatic carbocycles. The van der Waals surface area contributed by atoms with E-state index >= 15 is 0 Å². The number of hydrogen-bond donors (Lipinski definition) is 0. The summed E-state index contributed by atoms with van der Waals surface area (Å²) in [4.78, 5) is 5.04. The Morgan fingerprint density at radius 2 is 1.71 bits per heavy atom. The van der Waals surface area contributed by atoms with Gasteiger partial charge in [0, 0.05) is 6.54 Å². The smallest absolute Gasteiger partial charge is 0.243 e. The molecule has 1 aliphatic heterocycles. The molecule has 4 aromatic rings. The number of aromatic nitrogens is 1. The Bertz CT molecular complexity index is 1450. The van der Waals surface area contributed by atoms with Crippen LogP contribution in [0.15, 0.2) is 76.0 Å². The van der Waals surface area contributed by atoms with Gasteiger partial charge in [0.25, 0.3) is 0 Å². The van der Waals surface area contributed by atoms with Crippen LogP contribution in [0.4, 0.5) is 0 Å². The molecule has 1 saturated heterocycles. The zero-order valence-electron chi connectivity index (χ0n) is 20.1. The molecule has 0 bridgehead atoms. The molecule has 176 valence electrons. The van der Waals surface area contributed by atoms with E-state index in [4.69, 9.17) is 9.40 Å². The number of fused-ring (bicyclic) bond motifs is 1.